The van der Waals surface area contributed by atoms with Gasteiger partial charge in [0.15, 0.2) is 0 Å². The monoisotopic (exact) mass is 1060 g/mol. The molecule has 22 heteroatoms. The van der Waals surface area contributed by atoms with Crippen molar-refractivity contribution in [3.63, 3.8) is 0 Å². The van der Waals surface area contributed by atoms with E-state index in [0.717, 1.165) is 0 Å². The largest absolute Gasteiger partial charge is 0.488 e. The maximum Gasteiger partial charge on any atom is 0.324 e. The molecule has 4 heterocycles. The molecule has 1 aromatic heterocycles. The van der Waals surface area contributed by atoms with E-state index in [0.29, 0.717) is 108 Å². The maximum absolute atomic E-state index is 12.6. The molecule has 0 amide bonds. The van der Waals surface area contributed by atoms with Crippen molar-refractivity contribution >= 4 is 103 Å². The van der Waals surface area contributed by atoms with E-state index in [4.69, 9.17) is 18.9 Å². The number of halogens is 4. The number of carbonyl (C=O) groups is 2. The number of Topliss-reactive ketones (excluding diaryl/α,β-unsaturated/α-hetero) is 2. The SMILES string of the molecule is C=C1Nc2cc(Br)c(OCCOc3nc(OCCOc4c(Br)cc5c(c4Br)C(=O)C(=C)N5)nc(N4CC[N+](CCCO)(CCCS(=O)(=O)O)CC4)n3)c(Br)c2C1=O. The number of nitrogens with one attached hydrogen (secondary N) is 2. The number of carbonyl (C=O) groups excluding carboxylic acids is 2. The molecule has 0 aliphatic carbocycles. The minimum absolute atomic E-state index is 0.00122. The summed E-state index contributed by atoms with van der Waals surface area (Å²) < 4.78 is 58.7. The van der Waals surface area contributed by atoms with Crippen LogP contribution in [-0.2, 0) is 10.1 Å². The van der Waals surface area contributed by atoms with Gasteiger partial charge in [0.05, 0.1) is 96.8 Å². The lowest BCUT2D eigenvalue weighted by Crippen LogP contribution is -2.61. The van der Waals surface area contributed by atoms with Gasteiger partial charge in [0.1, 0.15) is 37.9 Å². The fraction of sp³-hybridized carbons (Fsp3) is 0.400. The van der Waals surface area contributed by atoms with E-state index in [1.54, 1.807) is 12.1 Å². The lowest BCUT2D eigenvalue weighted by atomic mass is 10.1. The van der Waals surface area contributed by atoms with Crippen LogP contribution in [0.25, 0.3) is 0 Å². The number of aliphatic hydroxyl groups is 1. The summed E-state index contributed by atoms with van der Waals surface area (Å²) in [4.78, 5) is 40.7. The molecule has 4 N–H and O–H groups in total. The number of nitrogens with zero attached hydrogens (tertiary/aromatic N) is 5. The Morgan fingerprint density at radius 1 is 0.754 bits per heavy atom. The number of quaternary nitrogens is 1. The standard InChI is InChI=1S/C35H37Br4N7O10S/c1-19-29(48)25-23(40-19)17-21(36)31(27(25)38)53-12-14-55-34-42-33(45-5-9-46(10-6-45,7-3-11-47)8-4-16-57(50,51)52)43-35(44-34)56-15-13-54-32-22(37)18-24-26(28(32)39)30(49)20(2)41-24/h17-18,47H,1-16H2,(H2-,40,41,48,49,50,51,52)/p+1. The molecule has 1 fully saturated rings. The summed E-state index contributed by atoms with van der Waals surface area (Å²) in [5.74, 6) is 0.278. The Bertz CT molecular complexity index is 2110. The Morgan fingerprint density at radius 2 is 1.21 bits per heavy atom. The van der Waals surface area contributed by atoms with Gasteiger partial charge in [0, 0.05) is 19.4 Å². The van der Waals surface area contributed by atoms with Crippen molar-refractivity contribution in [2.75, 3.05) is 93.6 Å². The molecule has 1 saturated heterocycles. The van der Waals surface area contributed by atoms with Gasteiger partial charge in [-0.2, -0.15) is 18.4 Å². The number of anilines is 3. The third-order valence-electron chi connectivity index (χ3n) is 9.43. The highest BCUT2D eigenvalue weighted by atomic mass is 79.9. The van der Waals surface area contributed by atoms with Gasteiger partial charge in [-0.1, -0.05) is 13.2 Å². The van der Waals surface area contributed by atoms with Gasteiger partial charge in [0.25, 0.3) is 10.1 Å². The number of piperazine rings is 1. The number of fused-ring (bicyclic) bond motifs is 2. The zero-order valence-corrected chi connectivity index (χ0v) is 37.4. The second kappa shape index (κ2) is 18.3. The van der Waals surface area contributed by atoms with Crippen molar-refractivity contribution in [1.82, 2.24) is 15.0 Å². The van der Waals surface area contributed by atoms with E-state index in [-0.39, 0.29) is 80.2 Å². The van der Waals surface area contributed by atoms with Crippen molar-refractivity contribution in [2.45, 2.75) is 12.8 Å². The van der Waals surface area contributed by atoms with Crippen LogP contribution in [0.1, 0.15) is 33.6 Å². The van der Waals surface area contributed by atoms with E-state index in [9.17, 15) is 27.7 Å². The highest BCUT2D eigenvalue weighted by Crippen LogP contribution is 2.45. The molecule has 3 aliphatic heterocycles. The molecule has 0 radical (unpaired) electrons. The molecule has 0 bridgehead atoms. The van der Waals surface area contributed by atoms with Crippen LogP contribution in [0.4, 0.5) is 17.3 Å². The molecular weight excluding hydrogens is 1030 g/mol. The summed E-state index contributed by atoms with van der Waals surface area (Å²) in [5, 5.41) is 15.5. The number of aromatic nitrogens is 3. The summed E-state index contributed by atoms with van der Waals surface area (Å²) in [6.45, 7) is 11.0. The van der Waals surface area contributed by atoms with E-state index in [2.05, 4.69) is 102 Å². The summed E-state index contributed by atoms with van der Waals surface area (Å²) in [5.41, 5.74) is 2.57. The molecule has 2 aromatic carbocycles. The van der Waals surface area contributed by atoms with E-state index in [1.807, 2.05) is 4.90 Å². The summed E-state index contributed by atoms with van der Waals surface area (Å²) in [7, 11) is -4.10. The van der Waals surface area contributed by atoms with Gasteiger partial charge in [0.2, 0.25) is 17.5 Å². The van der Waals surface area contributed by atoms with Crippen LogP contribution in [0.3, 0.4) is 0 Å². The lowest BCUT2D eigenvalue weighted by Gasteiger charge is -2.45. The molecule has 17 nitrogen and oxygen atoms in total. The van der Waals surface area contributed by atoms with Crippen LogP contribution in [-0.4, -0.2) is 127 Å². The third-order valence-corrected chi connectivity index (χ3v) is 12.9. The van der Waals surface area contributed by atoms with Crippen LogP contribution >= 0.6 is 63.7 Å². The van der Waals surface area contributed by atoms with Crippen LogP contribution in [0.2, 0.25) is 0 Å². The normalized spacial score (nSPS) is 15.9. The lowest BCUT2D eigenvalue weighted by molar-refractivity contribution is -0.928. The average Bonchev–Trinajstić information content (AvgIpc) is 3.60. The third kappa shape index (κ3) is 10.1. The van der Waals surface area contributed by atoms with Crippen molar-refractivity contribution in [3.05, 3.63) is 65.7 Å². The number of rotatable bonds is 18. The molecule has 0 unspecified atom stereocenters. The fourth-order valence-electron chi connectivity index (χ4n) is 6.64. The molecule has 6 rings (SSSR count). The van der Waals surface area contributed by atoms with E-state index in [1.165, 1.54) is 0 Å². The summed E-state index contributed by atoms with van der Waals surface area (Å²) >= 11 is 14.0. The first-order chi connectivity index (χ1) is 27.1. The molecule has 306 valence electrons. The Balaban J connectivity index is 1.15. The predicted octanol–water partition coefficient (Wildman–Crippen LogP) is 5.38. The molecule has 57 heavy (non-hydrogen) atoms. The van der Waals surface area contributed by atoms with Gasteiger partial charge in [-0.3, -0.25) is 14.1 Å². The molecule has 0 saturated carbocycles. The van der Waals surface area contributed by atoms with Gasteiger partial charge in [-0.05, 0) is 75.9 Å². The van der Waals surface area contributed by atoms with Gasteiger partial charge < -0.3 is 44.1 Å². The average molecular weight is 1070 g/mol. The van der Waals surface area contributed by atoms with Crippen molar-refractivity contribution in [1.29, 1.82) is 0 Å². The van der Waals surface area contributed by atoms with Crippen molar-refractivity contribution < 1.29 is 51.1 Å². The van der Waals surface area contributed by atoms with Crippen LogP contribution < -0.4 is 34.5 Å². The quantitative estimate of drug-likeness (QED) is 0.0546. The zero-order chi connectivity index (χ0) is 41.1. The van der Waals surface area contributed by atoms with Crippen molar-refractivity contribution in [3.8, 4) is 23.5 Å². The van der Waals surface area contributed by atoms with E-state index < -0.39 is 10.1 Å². The first-order valence-corrected chi connectivity index (χ1v) is 22.4. The van der Waals surface area contributed by atoms with Gasteiger partial charge in [-0.25, -0.2) is 0 Å². The van der Waals surface area contributed by atoms with Gasteiger partial charge >= 0.3 is 12.0 Å². The van der Waals surface area contributed by atoms with E-state index >= 15 is 0 Å². The maximum atomic E-state index is 12.6. The molecule has 3 aliphatic rings. The zero-order valence-electron chi connectivity index (χ0n) is 30.3. The second-order valence-electron chi connectivity index (χ2n) is 13.2. The Labute approximate surface area is 362 Å². The number of benzene rings is 2. The Morgan fingerprint density at radius 3 is 1.67 bits per heavy atom. The number of ether oxygens (including phenoxy) is 4. The van der Waals surface area contributed by atoms with Crippen LogP contribution in [0.15, 0.2) is 54.6 Å². The number of ketones is 2. The van der Waals surface area contributed by atoms with Crippen molar-refractivity contribution in [2.24, 2.45) is 0 Å². The number of hydrogen-bond acceptors (Lipinski definition) is 15. The second-order valence-corrected chi connectivity index (χ2v) is 18.1. The highest BCUT2D eigenvalue weighted by molar-refractivity contribution is 9.11. The minimum atomic E-state index is -4.10. The highest BCUT2D eigenvalue weighted by Gasteiger charge is 2.35. The minimum Gasteiger partial charge on any atom is -0.488 e. The molecule has 0 atom stereocenters. The first kappa shape index (κ1) is 43.2. The number of allylic oxidation sites excluding steroid dienone is 2. The molecule has 3 aromatic rings. The fourth-order valence-corrected chi connectivity index (χ4v) is 10.2. The summed E-state index contributed by atoms with van der Waals surface area (Å²) in [6.07, 6.45) is 0.818. The molecule has 0 spiro atoms. The molecular formula is C35H38Br4N7O10S+. The summed E-state index contributed by atoms with van der Waals surface area (Å²) in [6, 6.07) is 3.41. The first-order valence-electron chi connectivity index (χ1n) is 17.6. The number of hydrogen-bond donors (Lipinski definition) is 4. The number of aliphatic hydroxyl groups excluding tert-OH is 1. The van der Waals surface area contributed by atoms with Crippen LogP contribution in [0.5, 0.6) is 23.5 Å². The van der Waals surface area contributed by atoms with Gasteiger partial charge in [-0.15, -0.1) is 4.98 Å². The van der Waals surface area contributed by atoms with Crippen LogP contribution in [0, 0.1) is 0 Å². The Hall–Kier alpha value is -3.38. The Kier molecular flexibility index (Phi) is 13.8. The smallest absolute Gasteiger partial charge is 0.324 e. The predicted molar refractivity (Wildman–Crippen MR) is 224 cm³/mol. The topological polar surface area (TPSA) is 212 Å².